The molecule has 0 aliphatic rings. The molecule has 0 bridgehead atoms. The number of carboxylic acid groups (broad SMARTS) is 1. The van der Waals surface area contributed by atoms with Gasteiger partial charge in [0, 0.05) is 0 Å². The van der Waals surface area contributed by atoms with Crippen molar-refractivity contribution in [1.29, 1.82) is 5.26 Å². The third-order valence-electron chi connectivity index (χ3n) is 1.76. The normalized spacial score (nSPS) is 10.1. The van der Waals surface area contributed by atoms with Gasteiger partial charge in [-0.25, -0.2) is 13.8 Å². The lowest BCUT2D eigenvalue weighted by atomic mass is 10.1. The molecule has 0 aliphatic heterocycles. The molecule has 7 heteroatoms. The van der Waals surface area contributed by atoms with Crippen LogP contribution in [0.1, 0.15) is 23.4 Å². The van der Waals surface area contributed by atoms with Gasteiger partial charge in [-0.2, -0.15) is 5.26 Å². The summed E-state index contributed by atoms with van der Waals surface area (Å²) in [5.74, 6) is -2.21. The number of hydrogen-bond donors (Lipinski definition) is 2. The fraction of sp³-hybridized carbons (Fsp3) is 0.222. The van der Waals surface area contributed by atoms with Crippen molar-refractivity contribution in [2.24, 2.45) is 0 Å². The van der Waals surface area contributed by atoms with Crippen molar-refractivity contribution in [3.05, 3.63) is 23.0 Å². The Morgan fingerprint density at radius 2 is 2.25 bits per heavy atom. The zero-order valence-electron chi connectivity index (χ0n) is 7.81. The van der Waals surface area contributed by atoms with Crippen LogP contribution in [0.4, 0.5) is 8.78 Å². The molecule has 84 valence electrons. The van der Waals surface area contributed by atoms with E-state index in [1.165, 1.54) is 6.07 Å². The number of carbonyl (C=O) groups is 1. The summed E-state index contributed by atoms with van der Waals surface area (Å²) in [6.45, 7) is 0. The van der Waals surface area contributed by atoms with Gasteiger partial charge in [0.25, 0.3) is 6.43 Å². The highest BCUT2D eigenvalue weighted by Gasteiger charge is 2.20. The second-order valence-corrected chi connectivity index (χ2v) is 2.88. The number of aliphatic carboxylic acids is 1. The summed E-state index contributed by atoms with van der Waals surface area (Å²) in [5, 5.41) is 26.3. The summed E-state index contributed by atoms with van der Waals surface area (Å²) in [7, 11) is 0. The van der Waals surface area contributed by atoms with E-state index in [1.807, 2.05) is 0 Å². The highest BCUT2D eigenvalue weighted by Crippen LogP contribution is 2.31. The fourth-order valence-electron chi connectivity index (χ4n) is 1.10. The van der Waals surface area contributed by atoms with Crippen molar-refractivity contribution in [2.75, 3.05) is 0 Å². The molecule has 0 atom stereocenters. The molecule has 0 fully saturated rings. The average molecular weight is 228 g/mol. The lowest BCUT2D eigenvalue weighted by Gasteiger charge is -2.07. The van der Waals surface area contributed by atoms with Gasteiger partial charge in [-0.15, -0.1) is 0 Å². The first-order chi connectivity index (χ1) is 7.45. The maximum Gasteiger partial charge on any atom is 0.309 e. The Kier molecular flexibility index (Phi) is 3.35. The Bertz CT molecular complexity index is 469. The summed E-state index contributed by atoms with van der Waals surface area (Å²) >= 11 is 0. The van der Waals surface area contributed by atoms with E-state index in [9.17, 15) is 18.7 Å². The summed E-state index contributed by atoms with van der Waals surface area (Å²) in [5.41, 5.74) is -1.59. The van der Waals surface area contributed by atoms with Gasteiger partial charge in [0.05, 0.1) is 17.7 Å². The molecule has 2 N–H and O–H groups in total. The molecule has 5 nitrogen and oxygen atoms in total. The molecule has 0 saturated carbocycles. The van der Waals surface area contributed by atoms with Crippen molar-refractivity contribution in [2.45, 2.75) is 12.8 Å². The van der Waals surface area contributed by atoms with E-state index in [2.05, 4.69) is 4.98 Å². The first kappa shape index (κ1) is 11.8. The van der Waals surface area contributed by atoms with Gasteiger partial charge in [-0.05, 0) is 6.07 Å². The van der Waals surface area contributed by atoms with Crippen molar-refractivity contribution in [3.8, 4) is 11.8 Å². The Balaban J connectivity index is 3.32. The number of pyridine rings is 1. The molecule has 1 heterocycles. The van der Waals surface area contributed by atoms with E-state index in [1.54, 1.807) is 0 Å². The second kappa shape index (κ2) is 4.53. The molecule has 0 aromatic carbocycles. The topological polar surface area (TPSA) is 94.2 Å². The standard InChI is InChI=1S/C9H6F2N2O3/c10-9(11)5-1-4(3-12)13-6(8(5)16)2-7(14)15/h1,9,16H,2H2,(H,14,15). The van der Waals surface area contributed by atoms with E-state index in [4.69, 9.17) is 10.4 Å². The van der Waals surface area contributed by atoms with E-state index in [-0.39, 0.29) is 5.69 Å². The minimum Gasteiger partial charge on any atom is -0.506 e. The van der Waals surface area contributed by atoms with Crippen LogP contribution in [0.3, 0.4) is 0 Å². The van der Waals surface area contributed by atoms with Crippen molar-refractivity contribution in [3.63, 3.8) is 0 Å². The van der Waals surface area contributed by atoms with Gasteiger partial charge in [-0.3, -0.25) is 4.79 Å². The summed E-state index contributed by atoms with van der Waals surface area (Å²) < 4.78 is 24.8. The quantitative estimate of drug-likeness (QED) is 0.811. The van der Waals surface area contributed by atoms with Crippen molar-refractivity contribution >= 4 is 5.97 Å². The molecular formula is C9H6F2N2O3. The number of halogens is 2. The minimum absolute atomic E-state index is 0.357. The molecule has 0 radical (unpaired) electrons. The molecule has 0 spiro atoms. The second-order valence-electron chi connectivity index (χ2n) is 2.88. The van der Waals surface area contributed by atoms with E-state index < -0.39 is 35.8 Å². The van der Waals surface area contributed by atoms with E-state index >= 15 is 0 Å². The van der Waals surface area contributed by atoms with Gasteiger partial charge >= 0.3 is 5.97 Å². The van der Waals surface area contributed by atoms with Gasteiger partial charge < -0.3 is 10.2 Å². The molecule has 1 rings (SSSR count). The number of rotatable bonds is 3. The number of nitrogens with zero attached hydrogens (tertiary/aromatic N) is 2. The number of carboxylic acids is 1. The first-order valence-electron chi connectivity index (χ1n) is 4.08. The van der Waals surface area contributed by atoms with Crippen LogP contribution in [-0.2, 0) is 11.2 Å². The third kappa shape index (κ3) is 2.42. The number of alkyl halides is 2. The van der Waals surface area contributed by atoms with Crippen molar-refractivity contribution < 1.29 is 23.8 Å². The molecule has 16 heavy (non-hydrogen) atoms. The first-order valence-corrected chi connectivity index (χ1v) is 4.08. The maximum absolute atomic E-state index is 12.4. The van der Waals surface area contributed by atoms with Crippen LogP contribution in [0.2, 0.25) is 0 Å². The minimum atomic E-state index is -3.00. The van der Waals surface area contributed by atoms with Gasteiger partial charge in [0.1, 0.15) is 17.5 Å². The smallest absolute Gasteiger partial charge is 0.309 e. The predicted molar refractivity (Wildman–Crippen MR) is 46.9 cm³/mol. The van der Waals surface area contributed by atoms with Crippen LogP contribution in [0.5, 0.6) is 5.75 Å². The van der Waals surface area contributed by atoms with Crippen LogP contribution in [-0.4, -0.2) is 21.2 Å². The lowest BCUT2D eigenvalue weighted by molar-refractivity contribution is -0.136. The largest absolute Gasteiger partial charge is 0.506 e. The van der Waals surface area contributed by atoms with E-state index in [0.717, 1.165) is 6.07 Å². The van der Waals surface area contributed by atoms with Gasteiger partial charge in [0.15, 0.2) is 0 Å². The number of hydrogen-bond acceptors (Lipinski definition) is 4. The Morgan fingerprint density at radius 1 is 1.62 bits per heavy atom. The van der Waals surface area contributed by atoms with Crippen LogP contribution in [0, 0.1) is 11.3 Å². The van der Waals surface area contributed by atoms with Gasteiger partial charge in [0.2, 0.25) is 0 Å². The molecule has 0 unspecified atom stereocenters. The highest BCUT2D eigenvalue weighted by molar-refractivity contribution is 5.71. The predicted octanol–water partition coefficient (Wildman–Crippen LogP) is 1.22. The maximum atomic E-state index is 12.4. The molecule has 0 amide bonds. The number of aromatic nitrogens is 1. The van der Waals surface area contributed by atoms with Crippen LogP contribution < -0.4 is 0 Å². The Labute approximate surface area is 88.6 Å². The molecular weight excluding hydrogens is 222 g/mol. The van der Waals surface area contributed by atoms with Gasteiger partial charge in [-0.1, -0.05) is 0 Å². The molecule has 1 aromatic rings. The molecule has 0 aliphatic carbocycles. The third-order valence-corrected chi connectivity index (χ3v) is 1.76. The van der Waals surface area contributed by atoms with Crippen LogP contribution in [0.15, 0.2) is 6.07 Å². The van der Waals surface area contributed by atoms with E-state index in [0.29, 0.717) is 0 Å². The average Bonchev–Trinajstić information content (AvgIpc) is 2.19. The SMILES string of the molecule is N#Cc1cc(C(F)F)c(O)c(CC(=O)O)n1. The van der Waals surface area contributed by atoms with Crippen LogP contribution in [0.25, 0.3) is 0 Å². The zero-order chi connectivity index (χ0) is 12.3. The Morgan fingerprint density at radius 3 is 2.69 bits per heavy atom. The number of nitriles is 1. The summed E-state index contributed by atoms with van der Waals surface area (Å²) in [6.07, 6.45) is -3.72. The zero-order valence-corrected chi connectivity index (χ0v) is 7.81. The Hall–Kier alpha value is -2.23. The fourth-order valence-corrected chi connectivity index (χ4v) is 1.10. The summed E-state index contributed by atoms with van der Waals surface area (Å²) in [4.78, 5) is 13.8. The van der Waals surface area contributed by atoms with Crippen molar-refractivity contribution in [1.82, 2.24) is 4.98 Å². The summed E-state index contributed by atoms with van der Waals surface area (Å²) in [6, 6.07) is 2.24. The lowest BCUT2D eigenvalue weighted by Crippen LogP contribution is -2.05. The van der Waals surface area contributed by atoms with Crippen LogP contribution >= 0.6 is 0 Å². The molecule has 1 aromatic heterocycles. The monoisotopic (exact) mass is 228 g/mol. The number of aromatic hydroxyl groups is 1. The molecule has 0 saturated heterocycles. The highest BCUT2D eigenvalue weighted by atomic mass is 19.3.